The number of carbonyl (C=O) groups excluding carboxylic acids is 1. The molecule has 0 aliphatic rings. The van der Waals surface area contributed by atoms with Crippen LogP contribution in [-0.2, 0) is 22.1 Å². The van der Waals surface area contributed by atoms with E-state index in [4.69, 9.17) is 5.26 Å². The molecule has 0 radical (unpaired) electrons. The van der Waals surface area contributed by atoms with Gasteiger partial charge in [-0.1, -0.05) is 0 Å². The predicted molar refractivity (Wildman–Crippen MR) is 61.5 cm³/mol. The maximum Gasteiger partial charge on any atom is 0.417 e. The molecule has 0 atom stereocenters. The lowest BCUT2D eigenvalue weighted by Crippen LogP contribution is -2.14. The summed E-state index contributed by atoms with van der Waals surface area (Å²) < 4.78 is 68.6. The molecule has 0 saturated carbocycles. The SMILES string of the molecule is CCOC(=O)Cc1cc(C(F)(F)F)c(C#N)cc1C(F)F. The number of nitriles is 1. The lowest BCUT2D eigenvalue weighted by Gasteiger charge is -2.14. The number of benzene rings is 1. The van der Waals surface area contributed by atoms with Crippen molar-refractivity contribution in [1.82, 2.24) is 0 Å². The van der Waals surface area contributed by atoms with Crippen molar-refractivity contribution in [2.24, 2.45) is 0 Å². The third kappa shape index (κ3) is 4.15. The standard InChI is InChI=1S/C13H10F5NO2/c1-2-21-11(20)5-7-4-10(13(16,17)18)8(6-19)3-9(7)12(14)15/h3-4,12H,2,5H2,1H3. The van der Waals surface area contributed by atoms with Crippen LogP contribution < -0.4 is 0 Å². The van der Waals surface area contributed by atoms with Crippen LogP contribution in [0.5, 0.6) is 0 Å². The zero-order valence-corrected chi connectivity index (χ0v) is 10.8. The average molecular weight is 307 g/mol. The van der Waals surface area contributed by atoms with Gasteiger partial charge in [0.2, 0.25) is 0 Å². The van der Waals surface area contributed by atoms with Gasteiger partial charge in [0, 0.05) is 5.56 Å². The molecule has 0 heterocycles. The largest absolute Gasteiger partial charge is 0.466 e. The molecule has 3 nitrogen and oxygen atoms in total. The minimum absolute atomic E-state index is 0.0226. The van der Waals surface area contributed by atoms with Crippen molar-refractivity contribution in [3.63, 3.8) is 0 Å². The van der Waals surface area contributed by atoms with Crippen molar-refractivity contribution < 1.29 is 31.5 Å². The van der Waals surface area contributed by atoms with E-state index in [-0.39, 0.29) is 6.61 Å². The maximum atomic E-state index is 12.9. The fraction of sp³-hybridized carbons (Fsp3) is 0.385. The van der Waals surface area contributed by atoms with Crippen molar-refractivity contribution in [3.05, 3.63) is 34.4 Å². The number of rotatable bonds is 4. The summed E-state index contributed by atoms with van der Waals surface area (Å²) >= 11 is 0. The quantitative estimate of drug-likeness (QED) is 0.630. The zero-order chi connectivity index (χ0) is 16.2. The highest BCUT2D eigenvalue weighted by Gasteiger charge is 2.35. The first-order valence-electron chi connectivity index (χ1n) is 5.78. The van der Waals surface area contributed by atoms with Crippen LogP contribution in [0.15, 0.2) is 12.1 Å². The van der Waals surface area contributed by atoms with Gasteiger partial charge in [0.05, 0.1) is 30.2 Å². The molecule has 0 unspecified atom stereocenters. The number of hydrogen-bond donors (Lipinski definition) is 0. The Labute approximate surface area is 116 Å². The van der Waals surface area contributed by atoms with E-state index in [1.165, 1.54) is 13.0 Å². The highest BCUT2D eigenvalue weighted by molar-refractivity contribution is 5.73. The normalized spacial score (nSPS) is 11.3. The summed E-state index contributed by atoms with van der Waals surface area (Å²) in [6, 6.07) is 2.09. The number of nitrogens with zero attached hydrogens (tertiary/aromatic N) is 1. The van der Waals surface area contributed by atoms with Crippen LogP contribution in [0.3, 0.4) is 0 Å². The Morgan fingerprint density at radius 2 is 2.00 bits per heavy atom. The Hall–Kier alpha value is -2.17. The van der Waals surface area contributed by atoms with E-state index in [1.54, 1.807) is 0 Å². The summed E-state index contributed by atoms with van der Waals surface area (Å²) in [5.74, 6) is -0.919. The van der Waals surface area contributed by atoms with Gasteiger partial charge < -0.3 is 4.74 Å². The highest BCUT2D eigenvalue weighted by Crippen LogP contribution is 2.36. The van der Waals surface area contributed by atoms with Crippen LogP contribution >= 0.6 is 0 Å². The average Bonchev–Trinajstić information content (AvgIpc) is 2.37. The van der Waals surface area contributed by atoms with Crippen molar-refractivity contribution in [3.8, 4) is 6.07 Å². The molecule has 0 saturated heterocycles. The Morgan fingerprint density at radius 3 is 2.43 bits per heavy atom. The molecule has 114 valence electrons. The van der Waals surface area contributed by atoms with Gasteiger partial charge in [0.25, 0.3) is 6.43 Å². The van der Waals surface area contributed by atoms with Crippen LogP contribution in [0.1, 0.15) is 35.6 Å². The first kappa shape index (κ1) is 16.9. The van der Waals surface area contributed by atoms with E-state index >= 15 is 0 Å². The zero-order valence-electron chi connectivity index (χ0n) is 10.8. The third-order valence-electron chi connectivity index (χ3n) is 2.58. The van der Waals surface area contributed by atoms with Crippen molar-refractivity contribution in [1.29, 1.82) is 5.26 Å². The van der Waals surface area contributed by atoms with Crippen molar-refractivity contribution >= 4 is 5.97 Å². The first-order chi connectivity index (χ1) is 9.70. The summed E-state index contributed by atoms with van der Waals surface area (Å²) in [5, 5.41) is 8.66. The molecule has 0 spiro atoms. The topological polar surface area (TPSA) is 50.1 Å². The van der Waals surface area contributed by atoms with Crippen molar-refractivity contribution in [2.75, 3.05) is 6.61 Å². The number of carbonyl (C=O) groups is 1. The molecule has 21 heavy (non-hydrogen) atoms. The van der Waals surface area contributed by atoms with Gasteiger partial charge in [-0.05, 0) is 24.6 Å². The summed E-state index contributed by atoms with van der Waals surface area (Å²) in [5.41, 5.74) is -3.55. The molecule has 0 N–H and O–H groups in total. The Bertz CT molecular complexity index is 575. The monoisotopic (exact) mass is 307 g/mol. The summed E-state index contributed by atoms with van der Waals surface area (Å²) in [7, 11) is 0. The lowest BCUT2D eigenvalue weighted by molar-refractivity contribution is -0.142. The van der Waals surface area contributed by atoms with E-state index in [1.807, 2.05) is 0 Å². The molecule has 1 rings (SSSR count). The molecule has 0 aliphatic heterocycles. The maximum absolute atomic E-state index is 12.9. The minimum Gasteiger partial charge on any atom is -0.466 e. The third-order valence-corrected chi connectivity index (χ3v) is 2.58. The molecular formula is C13H10F5NO2. The number of halogens is 5. The van der Waals surface area contributed by atoms with Gasteiger partial charge in [-0.3, -0.25) is 4.79 Å². The molecule has 0 amide bonds. The minimum atomic E-state index is -4.88. The van der Waals surface area contributed by atoms with Crippen LogP contribution in [0.25, 0.3) is 0 Å². The van der Waals surface area contributed by atoms with E-state index in [9.17, 15) is 26.7 Å². The molecule has 0 fully saturated rings. The van der Waals surface area contributed by atoms with E-state index in [0.29, 0.717) is 12.1 Å². The van der Waals surface area contributed by atoms with Crippen LogP contribution in [0, 0.1) is 11.3 Å². The Morgan fingerprint density at radius 1 is 1.38 bits per heavy atom. The molecule has 1 aromatic carbocycles. The van der Waals surface area contributed by atoms with Gasteiger partial charge in [-0.25, -0.2) is 8.78 Å². The van der Waals surface area contributed by atoms with Gasteiger partial charge in [0.1, 0.15) is 0 Å². The van der Waals surface area contributed by atoms with Gasteiger partial charge in [-0.2, -0.15) is 18.4 Å². The number of esters is 1. The van der Waals surface area contributed by atoms with Crippen LogP contribution in [0.2, 0.25) is 0 Å². The fourth-order valence-corrected chi connectivity index (χ4v) is 1.71. The fourth-order valence-electron chi connectivity index (χ4n) is 1.71. The number of hydrogen-bond acceptors (Lipinski definition) is 3. The summed E-state index contributed by atoms with van der Waals surface area (Å²) in [4.78, 5) is 11.3. The second kappa shape index (κ2) is 6.52. The second-order valence-electron chi connectivity index (χ2n) is 3.99. The van der Waals surface area contributed by atoms with Crippen molar-refractivity contribution in [2.45, 2.75) is 25.9 Å². The molecular weight excluding hydrogens is 297 g/mol. The van der Waals surface area contributed by atoms with Crippen LogP contribution in [0.4, 0.5) is 22.0 Å². The second-order valence-corrected chi connectivity index (χ2v) is 3.99. The van der Waals surface area contributed by atoms with Gasteiger partial charge >= 0.3 is 12.1 Å². The molecule has 0 aliphatic carbocycles. The van der Waals surface area contributed by atoms with E-state index in [0.717, 1.165) is 0 Å². The van der Waals surface area contributed by atoms with E-state index in [2.05, 4.69) is 4.74 Å². The summed E-state index contributed by atoms with van der Waals surface area (Å²) in [6.45, 7) is 1.46. The smallest absolute Gasteiger partial charge is 0.417 e. The molecule has 8 heteroatoms. The first-order valence-corrected chi connectivity index (χ1v) is 5.78. The highest BCUT2D eigenvalue weighted by atomic mass is 19.4. The van der Waals surface area contributed by atoms with Gasteiger partial charge in [-0.15, -0.1) is 0 Å². The Balaban J connectivity index is 3.39. The molecule has 1 aromatic rings. The van der Waals surface area contributed by atoms with Gasteiger partial charge in [0.15, 0.2) is 0 Å². The predicted octanol–water partition coefficient (Wildman–Crippen LogP) is 3.62. The molecule has 0 aromatic heterocycles. The number of ether oxygens (including phenoxy) is 1. The molecule has 0 bridgehead atoms. The van der Waals surface area contributed by atoms with Crippen LogP contribution in [-0.4, -0.2) is 12.6 Å². The Kier molecular flexibility index (Phi) is 5.24. The summed E-state index contributed by atoms with van der Waals surface area (Å²) in [6.07, 6.45) is -8.71. The lowest BCUT2D eigenvalue weighted by atomic mass is 9.96. The number of alkyl halides is 5. The van der Waals surface area contributed by atoms with E-state index < -0.39 is 47.2 Å².